The van der Waals surface area contributed by atoms with Gasteiger partial charge < -0.3 is 4.74 Å². The summed E-state index contributed by atoms with van der Waals surface area (Å²) in [4.78, 5) is 8.58. The lowest BCUT2D eigenvalue weighted by Crippen LogP contribution is -1.95. The van der Waals surface area contributed by atoms with E-state index >= 15 is 0 Å². The molecule has 0 atom stereocenters. The highest BCUT2D eigenvalue weighted by Gasteiger charge is 2.14. The number of hydrogen-bond acceptors (Lipinski definition) is 3. The maximum absolute atomic E-state index is 13.9. The molecule has 21 heavy (non-hydrogen) atoms. The van der Waals surface area contributed by atoms with Crippen LogP contribution in [-0.4, -0.2) is 17.1 Å². The van der Waals surface area contributed by atoms with E-state index in [0.29, 0.717) is 22.2 Å². The van der Waals surface area contributed by atoms with Crippen molar-refractivity contribution in [1.82, 2.24) is 9.97 Å². The highest BCUT2D eigenvalue weighted by atomic mass is 79.9. The van der Waals surface area contributed by atoms with Crippen LogP contribution in [0.4, 0.5) is 4.39 Å². The monoisotopic (exact) mass is 366 g/mol. The van der Waals surface area contributed by atoms with E-state index in [2.05, 4.69) is 25.9 Å². The molecule has 0 radical (unpaired) electrons. The van der Waals surface area contributed by atoms with Gasteiger partial charge in [-0.15, -0.1) is 0 Å². The first-order chi connectivity index (χ1) is 10.1. The van der Waals surface area contributed by atoms with Crippen molar-refractivity contribution in [2.45, 2.75) is 0 Å². The van der Waals surface area contributed by atoms with E-state index in [0.717, 1.165) is 4.47 Å². The van der Waals surface area contributed by atoms with Gasteiger partial charge in [0.1, 0.15) is 16.7 Å². The van der Waals surface area contributed by atoms with Gasteiger partial charge in [0.2, 0.25) is 0 Å². The molecule has 1 aromatic heterocycles. The van der Waals surface area contributed by atoms with Gasteiger partial charge in [0.25, 0.3) is 0 Å². The molecule has 0 aliphatic heterocycles. The van der Waals surface area contributed by atoms with Crippen LogP contribution in [0.1, 0.15) is 0 Å². The van der Waals surface area contributed by atoms with Crippen molar-refractivity contribution in [2.24, 2.45) is 0 Å². The highest BCUT2D eigenvalue weighted by molar-refractivity contribution is 9.10. The van der Waals surface area contributed by atoms with E-state index in [9.17, 15) is 4.39 Å². The molecule has 6 heteroatoms. The van der Waals surface area contributed by atoms with Gasteiger partial charge in [-0.05, 0) is 34.1 Å². The third-order valence-corrected chi connectivity index (χ3v) is 3.93. The fourth-order valence-corrected chi connectivity index (χ4v) is 3.04. The molecule has 0 amide bonds. The summed E-state index contributed by atoms with van der Waals surface area (Å²) < 4.78 is 19.8. The summed E-state index contributed by atoms with van der Waals surface area (Å²) >= 11 is 9.64. The average molecular weight is 368 g/mol. The average Bonchev–Trinajstić information content (AvgIpc) is 2.46. The molecule has 0 unspecified atom stereocenters. The Morgan fingerprint density at radius 1 is 1.19 bits per heavy atom. The normalized spacial score (nSPS) is 10.9. The number of methoxy groups -OCH3 is 1. The van der Waals surface area contributed by atoms with E-state index in [1.165, 1.54) is 6.07 Å². The Kier molecular flexibility index (Phi) is 3.78. The van der Waals surface area contributed by atoms with Crippen molar-refractivity contribution >= 4 is 38.4 Å². The molecule has 106 valence electrons. The van der Waals surface area contributed by atoms with Crippen LogP contribution in [0, 0.1) is 5.82 Å². The smallest absolute Gasteiger partial charge is 0.164 e. The molecule has 2 aromatic carbocycles. The maximum Gasteiger partial charge on any atom is 0.164 e. The van der Waals surface area contributed by atoms with E-state index in [-0.39, 0.29) is 11.0 Å². The van der Waals surface area contributed by atoms with Gasteiger partial charge in [-0.25, -0.2) is 14.4 Å². The Balaban J connectivity index is 2.30. The molecule has 0 N–H and O–H groups in total. The predicted octanol–water partition coefficient (Wildman–Crippen LogP) is 4.86. The first-order valence-corrected chi connectivity index (χ1v) is 7.23. The molecule has 0 aliphatic carbocycles. The Labute approximate surface area is 133 Å². The van der Waals surface area contributed by atoms with Gasteiger partial charge >= 0.3 is 0 Å². The van der Waals surface area contributed by atoms with Gasteiger partial charge in [0.15, 0.2) is 5.82 Å². The topological polar surface area (TPSA) is 35.0 Å². The first-order valence-electron chi connectivity index (χ1n) is 6.06. The molecule has 0 saturated heterocycles. The summed E-state index contributed by atoms with van der Waals surface area (Å²) in [6, 6.07) is 9.82. The first kappa shape index (κ1) is 14.2. The third kappa shape index (κ3) is 2.59. The molecule has 0 aliphatic rings. The Morgan fingerprint density at radius 3 is 2.67 bits per heavy atom. The molecule has 0 saturated carbocycles. The molecule has 0 spiro atoms. The van der Waals surface area contributed by atoms with Crippen molar-refractivity contribution in [3.05, 3.63) is 51.8 Å². The van der Waals surface area contributed by atoms with Crippen molar-refractivity contribution in [1.29, 1.82) is 0 Å². The minimum absolute atomic E-state index is 0.241. The lowest BCUT2D eigenvalue weighted by Gasteiger charge is -2.08. The van der Waals surface area contributed by atoms with Crippen molar-refractivity contribution in [2.75, 3.05) is 7.11 Å². The second-order valence-corrected chi connectivity index (χ2v) is 5.53. The quantitative estimate of drug-likeness (QED) is 0.607. The Hall–Kier alpha value is -1.72. The number of ether oxygens (including phenoxy) is 1. The number of rotatable bonds is 2. The molecule has 3 aromatic rings. The number of hydrogen-bond donors (Lipinski definition) is 0. The molecule has 0 fully saturated rings. The second kappa shape index (κ2) is 5.58. The SMILES string of the molecule is COc1cc(Br)c2c(Cl)nc(-c3ccccc3F)nc2c1. The maximum atomic E-state index is 13.9. The van der Waals surface area contributed by atoms with Crippen LogP contribution in [0.15, 0.2) is 40.9 Å². The van der Waals surface area contributed by atoms with E-state index in [4.69, 9.17) is 16.3 Å². The van der Waals surface area contributed by atoms with E-state index in [1.807, 2.05) is 0 Å². The number of nitrogens with zero attached hydrogens (tertiary/aromatic N) is 2. The number of halogens is 3. The van der Waals surface area contributed by atoms with Crippen LogP contribution in [0.3, 0.4) is 0 Å². The van der Waals surface area contributed by atoms with Gasteiger partial charge in [-0.1, -0.05) is 23.7 Å². The molecule has 3 rings (SSSR count). The number of benzene rings is 2. The summed E-state index contributed by atoms with van der Waals surface area (Å²) in [6.45, 7) is 0. The summed E-state index contributed by atoms with van der Waals surface area (Å²) in [7, 11) is 1.56. The fourth-order valence-electron chi connectivity index (χ4n) is 2.03. The lowest BCUT2D eigenvalue weighted by atomic mass is 10.2. The van der Waals surface area contributed by atoms with Crippen LogP contribution in [-0.2, 0) is 0 Å². The number of fused-ring (bicyclic) bond motifs is 1. The number of aromatic nitrogens is 2. The van der Waals surface area contributed by atoms with Gasteiger partial charge in [0.05, 0.1) is 23.6 Å². The second-order valence-electron chi connectivity index (χ2n) is 4.32. The van der Waals surface area contributed by atoms with Gasteiger partial charge in [-0.3, -0.25) is 0 Å². The minimum Gasteiger partial charge on any atom is -0.497 e. The van der Waals surface area contributed by atoms with Crippen LogP contribution >= 0.6 is 27.5 Å². The summed E-state index contributed by atoms with van der Waals surface area (Å²) in [5.41, 5.74) is 0.889. The highest BCUT2D eigenvalue weighted by Crippen LogP contribution is 2.34. The van der Waals surface area contributed by atoms with Crippen molar-refractivity contribution in [3.8, 4) is 17.1 Å². The Morgan fingerprint density at radius 2 is 1.95 bits per heavy atom. The fraction of sp³-hybridized carbons (Fsp3) is 0.0667. The zero-order valence-corrected chi connectivity index (χ0v) is 13.2. The summed E-state index contributed by atoms with van der Waals surface area (Å²) in [6.07, 6.45) is 0. The summed E-state index contributed by atoms with van der Waals surface area (Å²) in [5.74, 6) is 0.476. The molecular formula is C15H9BrClFN2O. The zero-order chi connectivity index (χ0) is 15.0. The summed E-state index contributed by atoms with van der Waals surface area (Å²) in [5, 5.41) is 0.922. The van der Waals surface area contributed by atoms with E-state index < -0.39 is 5.82 Å². The van der Waals surface area contributed by atoms with Gasteiger partial charge in [-0.2, -0.15) is 0 Å². The van der Waals surface area contributed by atoms with Crippen LogP contribution in [0.2, 0.25) is 5.15 Å². The largest absolute Gasteiger partial charge is 0.497 e. The van der Waals surface area contributed by atoms with Crippen LogP contribution in [0.5, 0.6) is 5.75 Å². The van der Waals surface area contributed by atoms with Gasteiger partial charge in [0, 0.05) is 10.5 Å². The standard InChI is InChI=1S/C15H9BrClFN2O/c1-21-8-6-10(16)13-12(7-8)19-15(20-14(13)17)9-4-2-3-5-11(9)18/h2-7H,1H3. The predicted molar refractivity (Wildman–Crippen MR) is 84.2 cm³/mol. The van der Waals surface area contributed by atoms with E-state index in [1.54, 1.807) is 37.4 Å². The molecule has 0 bridgehead atoms. The molecular weight excluding hydrogens is 359 g/mol. The Bertz CT molecular complexity index is 841. The minimum atomic E-state index is -0.394. The van der Waals surface area contributed by atoms with Crippen molar-refractivity contribution in [3.63, 3.8) is 0 Å². The van der Waals surface area contributed by atoms with Crippen LogP contribution in [0.25, 0.3) is 22.3 Å². The third-order valence-electron chi connectivity index (χ3n) is 3.03. The zero-order valence-electron chi connectivity index (χ0n) is 10.9. The molecule has 1 heterocycles. The lowest BCUT2D eigenvalue weighted by molar-refractivity contribution is 0.415. The van der Waals surface area contributed by atoms with Crippen molar-refractivity contribution < 1.29 is 9.13 Å². The van der Waals surface area contributed by atoms with Crippen LogP contribution < -0.4 is 4.74 Å². The molecule has 3 nitrogen and oxygen atoms in total.